The lowest BCUT2D eigenvalue weighted by Gasteiger charge is -2.11. The maximum atomic E-state index is 6.20. The maximum absolute atomic E-state index is 6.20. The molecule has 1 aromatic heterocycles. The average Bonchev–Trinajstić information content (AvgIpc) is 2.72. The van der Waals surface area contributed by atoms with Gasteiger partial charge in [-0.05, 0) is 52.2 Å². The molecule has 0 bridgehead atoms. The van der Waals surface area contributed by atoms with Crippen LogP contribution >= 0.6 is 27.3 Å². The summed E-state index contributed by atoms with van der Waals surface area (Å²) in [6, 6.07) is 8.75. The molecule has 17 heavy (non-hydrogen) atoms. The summed E-state index contributed by atoms with van der Waals surface area (Å²) in [6.45, 7) is 2.12. The van der Waals surface area contributed by atoms with E-state index in [0.29, 0.717) is 0 Å². The van der Waals surface area contributed by atoms with E-state index in [1.165, 1.54) is 16.7 Å². The van der Waals surface area contributed by atoms with E-state index < -0.39 is 0 Å². The molecular formula is C14H16BrNS. The first-order valence-corrected chi connectivity index (χ1v) is 7.43. The fourth-order valence-corrected chi connectivity index (χ4v) is 3.56. The molecule has 3 heteroatoms. The number of hydrogen-bond acceptors (Lipinski definition) is 2. The normalized spacial score (nSPS) is 12.6. The summed E-state index contributed by atoms with van der Waals surface area (Å²) in [6.07, 6.45) is 2.02. The second-order valence-corrected chi connectivity index (χ2v) is 5.91. The predicted octanol–water partition coefficient (Wildman–Crippen LogP) is 4.45. The van der Waals surface area contributed by atoms with Gasteiger partial charge in [-0.15, -0.1) is 0 Å². The molecule has 0 amide bonds. The van der Waals surface area contributed by atoms with E-state index in [2.05, 4.69) is 57.9 Å². The Labute approximate surface area is 115 Å². The number of halogens is 1. The molecule has 0 aliphatic carbocycles. The summed E-state index contributed by atoms with van der Waals surface area (Å²) in [7, 11) is 0. The minimum absolute atomic E-state index is 0.121. The van der Waals surface area contributed by atoms with Gasteiger partial charge in [-0.25, -0.2) is 0 Å². The van der Waals surface area contributed by atoms with Gasteiger partial charge in [0.15, 0.2) is 0 Å². The molecule has 1 atom stereocenters. The lowest BCUT2D eigenvalue weighted by atomic mass is 10.0. The molecule has 0 aliphatic heterocycles. The van der Waals surface area contributed by atoms with Crippen LogP contribution in [0.4, 0.5) is 0 Å². The molecule has 0 aliphatic rings. The molecule has 0 saturated carbocycles. The molecule has 0 spiro atoms. The van der Waals surface area contributed by atoms with Crippen molar-refractivity contribution in [3.63, 3.8) is 0 Å². The molecule has 0 fully saturated rings. The van der Waals surface area contributed by atoms with Crippen LogP contribution in [0.3, 0.4) is 0 Å². The topological polar surface area (TPSA) is 26.0 Å². The quantitative estimate of drug-likeness (QED) is 0.887. The zero-order valence-electron chi connectivity index (χ0n) is 9.82. The van der Waals surface area contributed by atoms with Crippen LogP contribution in [0, 0.1) is 6.92 Å². The fraction of sp³-hybridized carbons (Fsp3) is 0.286. The van der Waals surface area contributed by atoms with Crippen molar-refractivity contribution in [2.75, 3.05) is 0 Å². The van der Waals surface area contributed by atoms with Crippen molar-refractivity contribution in [1.29, 1.82) is 0 Å². The molecular weight excluding hydrogens is 294 g/mol. The Hall–Kier alpha value is -0.640. The van der Waals surface area contributed by atoms with Crippen LogP contribution in [0.2, 0.25) is 0 Å². The third kappa shape index (κ3) is 3.41. The predicted molar refractivity (Wildman–Crippen MR) is 78.4 cm³/mol. The molecule has 0 radical (unpaired) electrons. The number of hydrogen-bond donors (Lipinski definition) is 1. The van der Waals surface area contributed by atoms with E-state index in [9.17, 15) is 0 Å². The molecule has 1 unspecified atom stereocenters. The van der Waals surface area contributed by atoms with Gasteiger partial charge in [-0.3, -0.25) is 0 Å². The second-order valence-electron chi connectivity index (χ2n) is 4.31. The van der Waals surface area contributed by atoms with Gasteiger partial charge in [0.25, 0.3) is 0 Å². The molecule has 2 rings (SSSR count). The van der Waals surface area contributed by atoms with Crippen LogP contribution < -0.4 is 5.73 Å². The highest BCUT2D eigenvalue weighted by atomic mass is 79.9. The summed E-state index contributed by atoms with van der Waals surface area (Å²) in [5.41, 5.74) is 10.1. The lowest BCUT2D eigenvalue weighted by molar-refractivity contribution is 0.651. The lowest BCUT2D eigenvalue weighted by Crippen LogP contribution is -2.10. The number of nitrogens with two attached hydrogens (primary N) is 1. The first-order valence-electron chi connectivity index (χ1n) is 5.69. The maximum Gasteiger partial charge on any atom is 0.0330 e. The second kappa shape index (κ2) is 5.80. The molecule has 0 saturated heterocycles. The highest BCUT2D eigenvalue weighted by Gasteiger charge is 2.10. The van der Waals surface area contributed by atoms with E-state index >= 15 is 0 Å². The highest BCUT2D eigenvalue weighted by Crippen LogP contribution is 2.28. The minimum Gasteiger partial charge on any atom is -0.324 e. The zero-order chi connectivity index (χ0) is 12.3. The Morgan fingerprint density at radius 2 is 2.18 bits per heavy atom. The highest BCUT2D eigenvalue weighted by molar-refractivity contribution is 9.10. The number of thiophene rings is 1. The Morgan fingerprint density at radius 3 is 2.82 bits per heavy atom. The largest absolute Gasteiger partial charge is 0.324 e. The zero-order valence-corrected chi connectivity index (χ0v) is 12.2. The molecule has 1 nitrogen and oxygen atoms in total. The third-order valence-electron chi connectivity index (χ3n) is 2.87. The van der Waals surface area contributed by atoms with Gasteiger partial charge in [0.05, 0.1) is 0 Å². The average molecular weight is 310 g/mol. The van der Waals surface area contributed by atoms with Crippen molar-refractivity contribution in [3.05, 3.63) is 56.2 Å². The Morgan fingerprint density at radius 1 is 1.35 bits per heavy atom. The van der Waals surface area contributed by atoms with Gasteiger partial charge >= 0.3 is 0 Å². The standard InChI is InChI=1S/C14H16BrNS/c1-10-3-2-4-11(7-10)5-6-14(16)12-8-17-9-13(12)15/h2-4,7-9,14H,5-6,16H2,1H3. The van der Waals surface area contributed by atoms with E-state index in [0.717, 1.165) is 17.3 Å². The monoisotopic (exact) mass is 309 g/mol. The van der Waals surface area contributed by atoms with Crippen LogP contribution in [-0.4, -0.2) is 0 Å². The minimum atomic E-state index is 0.121. The smallest absolute Gasteiger partial charge is 0.0330 e. The summed E-state index contributed by atoms with van der Waals surface area (Å²) >= 11 is 5.23. The Bertz CT molecular complexity index is 492. The molecule has 1 heterocycles. The molecule has 1 aromatic carbocycles. The van der Waals surface area contributed by atoms with Crippen LogP contribution in [0.5, 0.6) is 0 Å². The van der Waals surface area contributed by atoms with Crippen LogP contribution in [-0.2, 0) is 6.42 Å². The van der Waals surface area contributed by atoms with E-state index in [1.807, 2.05) is 0 Å². The van der Waals surface area contributed by atoms with Gasteiger partial charge in [0.2, 0.25) is 0 Å². The number of rotatable bonds is 4. The SMILES string of the molecule is Cc1cccc(CCC(N)c2cscc2Br)c1. The fourth-order valence-electron chi connectivity index (χ4n) is 1.90. The first kappa shape index (κ1) is 12.8. The molecule has 2 aromatic rings. The first-order chi connectivity index (χ1) is 8.16. The van der Waals surface area contributed by atoms with Gasteiger partial charge in [0.1, 0.15) is 0 Å². The molecule has 2 N–H and O–H groups in total. The number of benzene rings is 1. The van der Waals surface area contributed by atoms with Crippen molar-refractivity contribution in [3.8, 4) is 0 Å². The van der Waals surface area contributed by atoms with Gasteiger partial charge in [-0.1, -0.05) is 29.8 Å². The van der Waals surface area contributed by atoms with Crippen LogP contribution in [0.1, 0.15) is 29.2 Å². The van der Waals surface area contributed by atoms with Crippen molar-refractivity contribution in [2.24, 2.45) is 5.73 Å². The summed E-state index contributed by atoms with van der Waals surface area (Å²) < 4.78 is 1.14. The van der Waals surface area contributed by atoms with E-state index in [1.54, 1.807) is 11.3 Å². The van der Waals surface area contributed by atoms with Crippen molar-refractivity contribution >= 4 is 27.3 Å². The van der Waals surface area contributed by atoms with Crippen LogP contribution in [0.25, 0.3) is 0 Å². The van der Waals surface area contributed by atoms with Crippen LogP contribution in [0.15, 0.2) is 39.5 Å². The molecule has 90 valence electrons. The van der Waals surface area contributed by atoms with Gasteiger partial charge < -0.3 is 5.73 Å². The summed E-state index contributed by atoms with van der Waals surface area (Å²) in [4.78, 5) is 0. The number of aryl methyl sites for hydroxylation is 2. The van der Waals surface area contributed by atoms with Crippen molar-refractivity contribution in [1.82, 2.24) is 0 Å². The summed E-state index contributed by atoms with van der Waals surface area (Å²) in [5.74, 6) is 0. The Balaban J connectivity index is 1.97. The Kier molecular flexibility index (Phi) is 4.37. The summed E-state index contributed by atoms with van der Waals surface area (Å²) in [5, 5.41) is 4.22. The van der Waals surface area contributed by atoms with Gasteiger partial charge in [-0.2, -0.15) is 11.3 Å². The van der Waals surface area contributed by atoms with Crippen molar-refractivity contribution < 1.29 is 0 Å². The van der Waals surface area contributed by atoms with Gasteiger partial charge in [0, 0.05) is 15.9 Å². The van der Waals surface area contributed by atoms with Crippen molar-refractivity contribution in [2.45, 2.75) is 25.8 Å². The van der Waals surface area contributed by atoms with E-state index in [-0.39, 0.29) is 6.04 Å². The third-order valence-corrected chi connectivity index (χ3v) is 4.62. The van der Waals surface area contributed by atoms with E-state index in [4.69, 9.17) is 5.73 Å².